The van der Waals surface area contributed by atoms with E-state index in [1.54, 1.807) is 0 Å². The molecule has 0 spiro atoms. The number of aliphatic imine (C=N–C) groups is 1. The highest BCUT2D eigenvalue weighted by Crippen LogP contribution is 2.16. The van der Waals surface area contributed by atoms with E-state index < -0.39 is 0 Å². The zero-order valence-electron chi connectivity index (χ0n) is 10.5. The maximum Gasteiger partial charge on any atom is 0.188 e. The quantitative estimate of drug-likeness (QED) is 0.264. The van der Waals surface area contributed by atoms with Crippen LogP contribution in [-0.2, 0) is 0 Å². The van der Waals surface area contributed by atoms with Gasteiger partial charge in [0, 0.05) is 19.0 Å². The van der Waals surface area contributed by atoms with Gasteiger partial charge < -0.3 is 11.1 Å². The summed E-state index contributed by atoms with van der Waals surface area (Å²) in [6.07, 6.45) is 14.5. The molecule has 0 heterocycles. The third-order valence-electron chi connectivity index (χ3n) is 2.97. The molecule has 98 valence electrons. The van der Waals surface area contributed by atoms with E-state index in [1.807, 2.05) is 0 Å². The molecule has 1 fully saturated rings. The van der Waals surface area contributed by atoms with Crippen molar-refractivity contribution in [2.75, 3.05) is 6.54 Å². The number of nitrogens with two attached hydrogens (primary N) is 1. The summed E-state index contributed by atoms with van der Waals surface area (Å²) in [6, 6.07) is 0.545. The van der Waals surface area contributed by atoms with Crippen LogP contribution in [0.4, 0.5) is 0 Å². The number of terminal acetylenes is 1. The molecule has 0 radical (unpaired) electrons. The molecule has 0 aromatic heterocycles. The largest absolute Gasteiger partial charge is 0.370 e. The van der Waals surface area contributed by atoms with Crippen LogP contribution in [0.25, 0.3) is 0 Å². The monoisotopic (exact) mass is 349 g/mol. The minimum atomic E-state index is 0. The van der Waals surface area contributed by atoms with Gasteiger partial charge in [0.05, 0.1) is 0 Å². The van der Waals surface area contributed by atoms with Crippen molar-refractivity contribution in [1.29, 1.82) is 0 Å². The fraction of sp³-hybridized carbons (Fsp3) is 0.769. The molecule has 3 N–H and O–H groups in total. The van der Waals surface area contributed by atoms with E-state index in [-0.39, 0.29) is 24.0 Å². The van der Waals surface area contributed by atoms with Gasteiger partial charge in [-0.3, -0.25) is 4.99 Å². The molecule has 0 aromatic rings. The first-order chi connectivity index (χ1) is 7.83. The summed E-state index contributed by atoms with van der Waals surface area (Å²) in [7, 11) is 0. The summed E-state index contributed by atoms with van der Waals surface area (Å²) in [6.45, 7) is 0.785. The average molecular weight is 349 g/mol. The van der Waals surface area contributed by atoms with Gasteiger partial charge in [0.15, 0.2) is 5.96 Å². The standard InChI is InChI=1S/C13H23N3.HI/c1-2-3-4-8-11-15-13(14)16-12-9-6-5-7-10-12;/h1,12H,3-11H2,(H3,14,15,16);1H. The molecule has 1 aliphatic carbocycles. The highest BCUT2D eigenvalue weighted by molar-refractivity contribution is 14.0. The first-order valence-electron chi connectivity index (χ1n) is 6.33. The highest BCUT2D eigenvalue weighted by Gasteiger charge is 2.12. The van der Waals surface area contributed by atoms with Gasteiger partial charge in [0.25, 0.3) is 0 Å². The van der Waals surface area contributed by atoms with Crippen LogP contribution in [-0.4, -0.2) is 18.5 Å². The fourth-order valence-corrected chi connectivity index (χ4v) is 2.04. The van der Waals surface area contributed by atoms with Crippen molar-refractivity contribution in [2.24, 2.45) is 10.7 Å². The van der Waals surface area contributed by atoms with Crippen LogP contribution in [0.3, 0.4) is 0 Å². The molecule has 0 bridgehead atoms. The average Bonchev–Trinajstić information content (AvgIpc) is 2.30. The van der Waals surface area contributed by atoms with E-state index in [0.29, 0.717) is 12.0 Å². The van der Waals surface area contributed by atoms with Crippen LogP contribution in [0.2, 0.25) is 0 Å². The Bertz CT molecular complexity index is 252. The molecule has 0 amide bonds. The number of halogens is 1. The minimum absolute atomic E-state index is 0. The summed E-state index contributed by atoms with van der Waals surface area (Å²) in [4.78, 5) is 4.30. The predicted octanol–water partition coefficient (Wildman–Crippen LogP) is 2.64. The second-order valence-corrected chi connectivity index (χ2v) is 4.41. The number of nitrogens with one attached hydrogen (secondary N) is 1. The van der Waals surface area contributed by atoms with Gasteiger partial charge in [-0.1, -0.05) is 19.3 Å². The van der Waals surface area contributed by atoms with E-state index in [1.165, 1.54) is 32.1 Å². The van der Waals surface area contributed by atoms with Gasteiger partial charge in [0.2, 0.25) is 0 Å². The molecule has 3 nitrogen and oxygen atoms in total. The summed E-state index contributed by atoms with van der Waals surface area (Å²) in [5.41, 5.74) is 5.82. The number of hydrogen-bond donors (Lipinski definition) is 2. The Labute approximate surface area is 122 Å². The van der Waals surface area contributed by atoms with Crippen LogP contribution in [0.1, 0.15) is 51.4 Å². The second-order valence-electron chi connectivity index (χ2n) is 4.41. The lowest BCUT2D eigenvalue weighted by molar-refractivity contribution is 0.412. The van der Waals surface area contributed by atoms with E-state index in [4.69, 9.17) is 12.2 Å². The Kier molecular flexibility index (Phi) is 10.4. The van der Waals surface area contributed by atoms with Crippen molar-refractivity contribution in [1.82, 2.24) is 5.32 Å². The molecule has 1 saturated carbocycles. The van der Waals surface area contributed by atoms with Crippen molar-refractivity contribution >= 4 is 29.9 Å². The molecule has 0 atom stereocenters. The predicted molar refractivity (Wildman–Crippen MR) is 84.6 cm³/mol. The smallest absolute Gasteiger partial charge is 0.188 e. The van der Waals surface area contributed by atoms with Gasteiger partial charge in [0.1, 0.15) is 0 Å². The van der Waals surface area contributed by atoms with E-state index in [9.17, 15) is 0 Å². The van der Waals surface area contributed by atoms with Gasteiger partial charge in [-0.2, -0.15) is 0 Å². The van der Waals surface area contributed by atoms with Crippen LogP contribution < -0.4 is 11.1 Å². The highest BCUT2D eigenvalue weighted by atomic mass is 127. The van der Waals surface area contributed by atoms with Gasteiger partial charge >= 0.3 is 0 Å². The normalized spacial score (nSPS) is 17.0. The number of unbranched alkanes of at least 4 members (excludes halogenated alkanes) is 2. The van der Waals surface area contributed by atoms with Crippen molar-refractivity contribution in [3.05, 3.63) is 0 Å². The maximum absolute atomic E-state index is 5.82. The molecule has 4 heteroatoms. The Balaban J connectivity index is 0.00000256. The first kappa shape index (κ1) is 16.6. The van der Waals surface area contributed by atoms with Crippen LogP contribution >= 0.6 is 24.0 Å². The van der Waals surface area contributed by atoms with Crippen LogP contribution in [0.15, 0.2) is 4.99 Å². The number of rotatable bonds is 5. The fourth-order valence-electron chi connectivity index (χ4n) is 2.04. The molecule has 17 heavy (non-hydrogen) atoms. The summed E-state index contributed by atoms with van der Waals surface area (Å²) >= 11 is 0. The Hall–Kier alpha value is -0.440. The summed E-state index contributed by atoms with van der Waals surface area (Å²) in [5, 5.41) is 3.30. The Morgan fingerprint density at radius 2 is 2.00 bits per heavy atom. The molecular formula is C13H24IN3. The Morgan fingerprint density at radius 1 is 1.29 bits per heavy atom. The second kappa shape index (κ2) is 10.7. The third-order valence-corrected chi connectivity index (χ3v) is 2.97. The van der Waals surface area contributed by atoms with E-state index >= 15 is 0 Å². The molecular weight excluding hydrogens is 325 g/mol. The summed E-state index contributed by atoms with van der Waals surface area (Å²) < 4.78 is 0. The minimum Gasteiger partial charge on any atom is -0.370 e. The molecule has 0 aliphatic heterocycles. The van der Waals surface area contributed by atoms with Crippen molar-refractivity contribution < 1.29 is 0 Å². The first-order valence-corrected chi connectivity index (χ1v) is 6.33. The van der Waals surface area contributed by atoms with Crippen molar-refractivity contribution in [2.45, 2.75) is 57.4 Å². The van der Waals surface area contributed by atoms with Crippen molar-refractivity contribution in [3.8, 4) is 12.3 Å². The number of guanidine groups is 1. The van der Waals surface area contributed by atoms with E-state index in [2.05, 4.69) is 16.2 Å². The lowest BCUT2D eigenvalue weighted by Crippen LogP contribution is -2.41. The number of hydrogen-bond acceptors (Lipinski definition) is 1. The van der Waals surface area contributed by atoms with E-state index in [0.717, 1.165) is 25.8 Å². The molecule has 1 aliphatic rings. The third kappa shape index (κ3) is 8.31. The van der Waals surface area contributed by atoms with Gasteiger partial charge in [-0.25, -0.2) is 0 Å². The summed E-state index contributed by atoms with van der Waals surface area (Å²) in [5.74, 6) is 3.23. The zero-order valence-corrected chi connectivity index (χ0v) is 12.8. The maximum atomic E-state index is 5.82. The van der Waals surface area contributed by atoms with Crippen LogP contribution in [0.5, 0.6) is 0 Å². The molecule has 0 saturated heterocycles. The van der Waals surface area contributed by atoms with Gasteiger partial charge in [-0.05, 0) is 25.7 Å². The zero-order chi connectivity index (χ0) is 11.6. The van der Waals surface area contributed by atoms with Crippen LogP contribution in [0, 0.1) is 12.3 Å². The van der Waals surface area contributed by atoms with Crippen molar-refractivity contribution in [3.63, 3.8) is 0 Å². The van der Waals surface area contributed by atoms with Gasteiger partial charge in [-0.15, -0.1) is 36.3 Å². The topological polar surface area (TPSA) is 50.4 Å². The Morgan fingerprint density at radius 3 is 2.65 bits per heavy atom. The molecule has 0 aromatic carbocycles. The number of nitrogens with zero attached hydrogens (tertiary/aromatic N) is 1. The molecule has 0 unspecified atom stereocenters. The SMILES string of the molecule is C#CCCCCN=C(N)NC1CCCCC1.I. The molecule has 1 rings (SSSR count). The lowest BCUT2D eigenvalue weighted by atomic mass is 9.96. The lowest BCUT2D eigenvalue weighted by Gasteiger charge is -2.23.